The average molecular weight is 306 g/mol. The molecule has 23 heavy (non-hydrogen) atoms. The van der Waals surface area contributed by atoms with Gasteiger partial charge in [-0.15, -0.1) is 0 Å². The molecule has 2 heterocycles. The molecule has 5 heteroatoms. The summed E-state index contributed by atoms with van der Waals surface area (Å²) in [7, 11) is 0. The van der Waals surface area contributed by atoms with Crippen molar-refractivity contribution in [2.75, 3.05) is 5.32 Å². The van der Waals surface area contributed by atoms with Crippen LogP contribution in [-0.4, -0.2) is 20.5 Å². The number of carbonyl (C=O) groups excluding carboxylic acids is 1. The molecule has 3 aromatic rings. The molecule has 0 bridgehead atoms. The van der Waals surface area contributed by atoms with Gasteiger partial charge in [-0.05, 0) is 62.1 Å². The molecular weight excluding hydrogens is 288 g/mol. The van der Waals surface area contributed by atoms with Crippen molar-refractivity contribution in [1.29, 1.82) is 0 Å². The number of rotatable bonds is 3. The summed E-state index contributed by atoms with van der Waals surface area (Å²) in [5.41, 5.74) is 5.27. The van der Waals surface area contributed by atoms with Crippen LogP contribution in [0.5, 0.6) is 0 Å². The lowest BCUT2D eigenvalue weighted by Crippen LogP contribution is -2.15. The van der Waals surface area contributed by atoms with Gasteiger partial charge in [0.05, 0.1) is 11.9 Å². The molecule has 116 valence electrons. The van der Waals surface area contributed by atoms with Gasteiger partial charge >= 0.3 is 0 Å². The van der Waals surface area contributed by atoms with Crippen molar-refractivity contribution in [2.24, 2.45) is 0 Å². The van der Waals surface area contributed by atoms with E-state index in [4.69, 9.17) is 0 Å². The van der Waals surface area contributed by atoms with Crippen molar-refractivity contribution in [3.63, 3.8) is 0 Å². The first-order valence-corrected chi connectivity index (χ1v) is 7.84. The highest BCUT2D eigenvalue weighted by Gasteiger charge is 2.26. The van der Waals surface area contributed by atoms with E-state index in [0.717, 1.165) is 28.2 Å². The van der Waals surface area contributed by atoms with Crippen molar-refractivity contribution in [1.82, 2.24) is 14.6 Å². The number of hydrogen-bond acceptors (Lipinski definition) is 3. The molecule has 1 amide bonds. The summed E-state index contributed by atoms with van der Waals surface area (Å²) in [6.45, 7) is 4.02. The molecule has 4 rings (SSSR count). The molecular formula is C18H18N4O. The van der Waals surface area contributed by atoms with E-state index in [2.05, 4.69) is 21.5 Å². The number of aromatic nitrogens is 3. The Morgan fingerprint density at radius 2 is 1.91 bits per heavy atom. The SMILES string of the molecule is Cc1cc(C)cc(NC(=O)c2ccc3nc(C4CC4)cn3n2)c1. The lowest BCUT2D eigenvalue weighted by molar-refractivity contribution is 0.102. The monoisotopic (exact) mass is 306 g/mol. The first kappa shape index (κ1) is 13.9. The van der Waals surface area contributed by atoms with Gasteiger partial charge in [-0.1, -0.05) is 6.07 Å². The van der Waals surface area contributed by atoms with Gasteiger partial charge in [0, 0.05) is 11.6 Å². The Morgan fingerprint density at radius 3 is 2.61 bits per heavy atom. The van der Waals surface area contributed by atoms with Crippen LogP contribution < -0.4 is 5.32 Å². The van der Waals surface area contributed by atoms with Crippen LogP contribution in [0.1, 0.15) is 46.1 Å². The number of nitrogens with zero attached hydrogens (tertiary/aromatic N) is 3. The van der Waals surface area contributed by atoms with Gasteiger partial charge in [0.2, 0.25) is 0 Å². The Bertz CT molecular complexity index is 888. The molecule has 2 aromatic heterocycles. The van der Waals surface area contributed by atoms with E-state index in [0.29, 0.717) is 11.6 Å². The number of carbonyl (C=O) groups is 1. The Hall–Kier alpha value is -2.69. The number of fused-ring (bicyclic) bond motifs is 1. The highest BCUT2D eigenvalue weighted by Crippen LogP contribution is 2.39. The number of nitrogens with one attached hydrogen (secondary N) is 1. The summed E-state index contributed by atoms with van der Waals surface area (Å²) in [4.78, 5) is 17.0. The van der Waals surface area contributed by atoms with E-state index >= 15 is 0 Å². The zero-order valence-corrected chi connectivity index (χ0v) is 13.2. The molecule has 0 unspecified atom stereocenters. The third-order valence-corrected chi connectivity index (χ3v) is 4.05. The zero-order chi connectivity index (χ0) is 16.0. The predicted octanol–water partition coefficient (Wildman–Crippen LogP) is 3.48. The van der Waals surface area contributed by atoms with Gasteiger partial charge in [0.25, 0.3) is 5.91 Å². The predicted molar refractivity (Wildman–Crippen MR) is 88.8 cm³/mol. The molecule has 0 atom stereocenters. The Morgan fingerprint density at radius 1 is 1.17 bits per heavy atom. The first-order valence-electron chi connectivity index (χ1n) is 7.84. The average Bonchev–Trinajstić information content (AvgIpc) is 3.25. The minimum absolute atomic E-state index is 0.210. The van der Waals surface area contributed by atoms with Crippen LogP contribution in [0.3, 0.4) is 0 Å². The quantitative estimate of drug-likeness (QED) is 0.806. The van der Waals surface area contributed by atoms with Crippen molar-refractivity contribution >= 4 is 17.2 Å². The van der Waals surface area contributed by atoms with Crippen LogP contribution in [0.2, 0.25) is 0 Å². The molecule has 0 spiro atoms. The summed E-state index contributed by atoms with van der Waals surface area (Å²) in [5.74, 6) is 0.364. The Balaban J connectivity index is 1.61. The van der Waals surface area contributed by atoms with Crippen molar-refractivity contribution < 1.29 is 4.79 Å². The third kappa shape index (κ3) is 2.82. The molecule has 5 nitrogen and oxygen atoms in total. The molecule has 1 fully saturated rings. The normalized spacial score (nSPS) is 14.2. The third-order valence-electron chi connectivity index (χ3n) is 4.05. The first-order chi connectivity index (χ1) is 11.1. The number of aryl methyl sites for hydroxylation is 2. The van der Waals surface area contributed by atoms with Crippen LogP contribution in [0.25, 0.3) is 5.65 Å². The second-order valence-electron chi connectivity index (χ2n) is 6.29. The maximum absolute atomic E-state index is 12.4. The van der Waals surface area contributed by atoms with E-state index in [1.54, 1.807) is 10.6 Å². The van der Waals surface area contributed by atoms with Crippen molar-refractivity contribution in [3.8, 4) is 0 Å². The van der Waals surface area contributed by atoms with Crippen LogP contribution in [0.15, 0.2) is 36.5 Å². The second kappa shape index (κ2) is 5.19. The van der Waals surface area contributed by atoms with Crippen molar-refractivity contribution in [3.05, 3.63) is 59.0 Å². The maximum atomic E-state index is 12.4. The fraction of sp³-hybridized carbons (Fsp3) is 0.278. The van der Waals surface area contributed by atoms with E-state index in [1.807, 2.05) is 38.2 Å². The number of imidazole rings is 1. The van der Waals surface area contributed by atoms with E-state index < -0.39 is 0 Å². The van der Waals surface area contributed by atoms with Gasteiger partial charge in [0.1, 0.15) is 5.69 Å². The Labute approximate surface area is 134 Å². The smallest absolute Gasteiger partial charge is 0.276 e. The molecule has 0 radical (unpaired) electrons. The minimum atomic E-state index is -0.210. The van der Waals surface area contributed by atoms with Gasteiger partial charge in [0.15, 0.2) is 5.65 Å². The zero-order valence-electron chi connectivity index (χ0n) is 13.2. The van der Waals surface area contributed by atoms with Crippen LogP contribution >= 0.6 is 0 Å². The number of anilines is 1. The van der Waals surface area contributed by atoms with Gasteiger partial charge < -0.3 is 5.32 Å². The molecule has 0 saturated heterocycles. The lowest BCUT2D eigenvalue weighted by Gasteiger charge is -2.07. The molecule has 1 aliphatic carbocycles. The highest BCUT2D eigenvalue weighted by atomic mass is 16.1. The van der Waals surface area contributed by atoms with E-state index in [9.17, 15) is 4.79 Å². The standard InChI is InChI=1S/C18H18N4O/c1-11-7-12(2)9-14(8-11)19-18(23)15-5-6-17-20-16(13-3-4-13)10-22(17)21-15/h5-10,13H,3-4H2,1-2H3,(H,19,23). The second-order valence-corrected chi connectivity index (χ2v) is 6.29. The minimum Gasteiger partial charge on any atom is -0.321 e. The molecule has 1 saturated carbocycles. The van der Waals surface area contributed by atoms with Gasteiger partial charge in [-0.25, -0.2) is 9.50 Å². The summed E-state index contributed by atoms with van der Waals surface area (Å²) in [6.07, 6.45) is 4.33. The fourth-order valence-electron chi connectivity index (χ4n) is 2.84. The highest BCUT2D eigenvalue weighted by molar-refractivity contribution is 6.02. The van der Waals surface area contributed by atoms with Gasteiger partial charge in [-0.3, -0.25) is 4.79 Å². The molecule has 1 N–H and O–H groups in total. The molecule has 1 aromatic carbocycles. The van der Waals surface area contributed by atoms with Crippen molar-refractivity contribution in [2.45, 2.75) is 32.6 Å². The van der Waals surface area contributed by atoms with Crippen LogP contribution in [-0.2, 0) is 0 Å². The summed E-state index contributed by atoms with van der Waals surface area (Å²) in [5, 5.41) is 7.30. The molecule has 1 aliphatic rings. The number of amides is 1. The van der Waals surface area contributed by atoms with Gasteiger partial charge in [-0.2, -0.15) is 5.10 Å². The lowest BCUT2D eigenvalue weighted by atomic mass is 10.1. The summed E-state index contributed by atoms with van der Waals surface area (Å²) < 4.78 is 1.70. The van der Waals surface area contributed by atoms with E-state index in [1.165, 1.54) is 12.8 Å². The molecule has 0 aliphatic heterocycles. The summed E-state index contributed by atoms with van der Waals surface area (Å²) in [6, 6.07) is 9.54. The topological polar surface area (TPSA) is 59.3 Å². The van der Waals surface area contributed by atoms with E-state index in [-0.39, 0.29) is 5.91 Å². The van der Waals surface area contributed by atoms with Crippen LogP contribution in [0, 0.1) is 13.8 Å². The largest absolute Gasteiger partial charge is 0.321 e. The number of benzene rings is 1. The van der Waals surface area contributed by atoms with Crippen LogP contribution in [0.4, 0.5) is 5.69 Å². The number of hydrogen-bond donors (Lipinski definition) is 1. The fourth-order valence-corrected chi connectivity index (χ4v) is 2.84. The maximum Gasteiger partial charge on any atom is 0.276 e. The summed E-state index contributed by atoms with van der Waals surface area (Å²) >= 11 is 0. The Kier molecular flexibility index (Phi) is 3.15.